The Morgan fingerprint density at radius 1 is 1.28 bits per heavy atom. The van der Waals surface area contributed by atoms with E-state index in [1.807, 2.05) is 0 Å². The second-order valence-electron chi connectivity index (χ2n) is 4.99. The Balaban J connectivity index is 3.41. The van der Waals surface area contributed by atoms with Crippen molar-refractivity contribution in [3.8, 4) is 0 Å². The van der Waals surface area contributed by atoms with Crippen molar-refractivity contribution in [2.75, 3.05) is 0 Å². The molecule has 0 bridgehead atoms. The number of nitrogens with two attached hydrogens (primary N) is 1. The maximum Gasteiger partial charge on any atom is 0.313 e. The summed E-state index contributed by atoms with van der Waals surface area (Å²) in [7, 11) is -4.11. The van der Waals surface area contributed by atoms with Gasteiger partial charge in [-0.05, 0) is 20.3 Å². The third-order valence-electron chi connectivity index (χ3n) is 3.33. The normalized spacial score (nSPS) is 36.3. The molecule has 0 heterocycles. The van der Waals surface area contributed by atoms with Crippen LogP contribution in [0.5, 0.6) is 0 Å². The lowest BCUT2D eigenvalue weighted by atomic mass is 9.67. The summed E-state index contributed by atoms with van der Waals surface area (Å²) in [6.45, 7) is 2.53. The van der Waals surface area contributed by atoms with Crippen molar-refractivity contribution in [3.63, 3.8) is 0 Å². The van der Waals surface area contributed by atoms with Gasteiger partial charge in [0.15, 0.2) is 0 Å². The van der Waals surface area contributed by atoms with E-state index in [4.69, 9.17) is 10.2 Å². The average Bonchev–Trinajstić information content (AvgIpc) is 2.14. The molecule has 0 saturated carbocycles. The number of aliphatic carboxylic acids is 2. The zero-order valence-electron chi connectivity index (χ0n) is 9.95. The van der Waals surface area contributed by atoms with Gasteiger partial charge in [-0.3, -0.25) is 9.59 Å². The predicted molar refractivity (Wildman–Crippen MR) is 62.1 cm³/mol. The number of rotatable bonds is 3. The van der Waals surface area contributed by atoms with E-state index in [0.29, 0.717) is 0 Å². The van der Waals surface area contributed by atoms with E-state index < -0.39 is 38.0 Å². The number of carbonyl (C=O) groups is 2. The first kappa shape index (κ1) is 14.7. The van der Waals surface area contributed by atoms with Crippen LogP contribution >= 0.6 is 0 Å². The molecule has 0 saturated heterocycles. The third kappa shape index (κ3) is 2.25. The summed E-state index contributed by atoms with van der Waals surface area (Å²) in [4.78, 5) is 22.4. The first-order valence-electron chi connectivity index (χ1n) is 5.11. The minimum atomic E-state index is -4.11. The Morgan fingerprint density at radius 3 is 2.11 bits per heavy atom. The molecular formula is C10H15NO6S. The minimum absolute atomic E-state index is 0.345. The monoisotopic (exact) mass is 277 g/mol. The molecule has 0 spiro atoms. The van der Waals surface area contributed by atoms with Crippen LogP contribution in [-0.4, -0.2) is 35.8 Å². The van der Waals surface area contributed by atoms with Gasteiger partial charge in [0, 0.05) is 0 Å². The number of carboxylic acids is 2. The molecule has 1 rings (SSSR count). The van der Waals surface area contributed by atoms with Crippen LogP contribution in [0.1, 0.15) is 20.3 Å². The molecule has 0 aromatic carbocycles. The molecule has 3 unspecified atom stereocenters. The molecule has 102 valence electrons. The molecule has 8 heteroatoms. The summed E-state index contributed by atoms with van der Waals surface area (Å²) in [5.41, 5.74) is -3.19. The predicted octanol–water partition coefficient (Wildman–Crippen LogP) is -0.215. The van der Waals surface area contributed by atoms with Crippen LogP contribution in [0.25, 0.3) is 0 Å². The van der Waals surface area contributed by atoms with Crippen molar-refractivity contribution in [1.82, 2.24) is 0 Å². The summed E-state index contributed by atoms with van der Waals surface area (Å²) in [6, 6.07) is 0. The topological polar surface area (TPSA) is 135 Å². The molecule has 7 nitrogen and oxygen atoms in total. The van der Waals surface area contributed by atoms with E-state index in [1.54, 1.807) is 0 Å². The molecule has 0 aliphatic heterocycles. The molecule has 0 fully saturated rings. The van der Waals surface area contributed by atoms with E-state index in [0.717, 1.165) is 6.08 Å². The zero-order valence-corrected chi connectivity index (χ0v) is 10.8. The molecule has 18 heavy (non-hydrogen) atoms. The lowest BCUT2D eigenvalue weighted by Crippen LogP contribution is -2.52. The van der Waals surface area contributed by atoms with Gasteiger partial charge in [-0.15, -0.1) is 0 Å². The maximum atomic E-state index is 11.4. The van der Waals surface area contributed by atoms with Crippen LogP contribution in [0.3, 0.4) is 0 Å². The van der Waals surface area contributed by atoms with Gasteiger partial charge in [0.25, 0.3) is 0 Å². The molecule has 0 aromatic heterocycles. The fourth-order valence-corrected chi connectivity index (χ4v) is 3.46. The van der Waals surface area contributed by atoms with Crippen LogP contribution in [0.4, 0.5) is 0 Å². The molecule has 4 N–H and O–H groups in total. The fraction of sp³-hybridized carbons (Fsp3) is 0.600. The van der Waals surface area contributed by atoms with Crippen LogP contribution in [0.2, 0.25) is 0 Å². The fourth-order valence-electron chi connectivity index (χ4n) is 2.25. The molecule has 0 radical (unpaired) electrons. The highest BCUT2D eigenvalue weighted by Gasteiger charge is 2.54. The lowest BCUT2D eigenvalue weighted by Gasteiger charge is -2.39. The Labute approximate surface area is 104 Å². The van der Waals surface area contributed by atoms with Crippen molar-refractivity contribution >= 4 is 22.0 Å². The highest BCUT2D eigenvalue weighted by Crippen LogP contribution is 2.44. The van der Waals surface area contributed by atoms with Crippen LogP contribution in [0, 0.1) is 10.8 Å². The average molecular weight is 277 g/mol. The van der Waals surface area contributed by atoms with Gasteiger partial charge in [-0.2, -0.15) is 0 Å². The van der Waals surface area contributed by atoms with Crippen LogP contribution < -0.4 is 5.14 Å². The molecule has 1 aliphatic carbocycles. The Morgan fingerprint density at radius 2 is 1.78 bits per heavy atom. The van der Waals surface area contributed by atoms with Crippen LogP contribution in [-0.2, 0) is 19.6 Å². The van der Waals surface area contributed by atoms with Crippen molar-refractivity contribution in [1.29, 1.82) is 0 Å². The number of hydrogen-bond donors (Lipinski definition) is 3. The quantitative estimate of drug-likeness (QED) is 0.610. The van der Waals surface area contributed by atoms with Crippen molar-refractivity contribution in [2.45, 2.75) is 25.5 Å². The van der Waals surface area contributed by atoms with E-state index in [9.17, 15) is 23.1 Å². The summed E-state index contributed by atoms with van der Waals surface area (Å²) < 4.78 is 22.8. The standard InChI is InChI=1S/C10H15NO6S/c1-9(7(12)13)4-3-6(18(11,16)17)10(2,5-9)8(14)15/h3-4,6H,5H2,1-2H3,(H,12,13)(H,14,15)(H2,11,16,17). The van der Waals surface area contributed by atoms with Gasteiger partial charge >= 0.3 is 11.9 Å². The highest BCUT2D eigenvalue weighted by molar-refractivity contribution is 7.90. The summed E-state index contributed by atoms with van der Waals surface area (Å²) in [5, 5.41) is 21.8. The van der Waals surface area contributed by atoms with Gasteiger partial charge in [-0.1, -0.05) is 12.2 Å². The number of primary sulfonamides is 1. The zero-order chi connectivity index (χ0) is 14.4. The lowest BCUT2D eigenvalue weighted by molar-refractivity contribution is -0.154. The molecule has 3 atom stereocenters. The van der Waals surface area contributed by atoms with E-state index in [1.165, 1.54) is 19.9 Å². The van der Waals surface area contributed by atoms with Crippen LogP contribution in [0.15, 0.2) is 12.2 Å². The molecule has 0 amide bonds. The number of carboxylic acid groups (broad SMARTS) is 2. The van der Waals surface area contributed by atoms with Crippen molar-refractivity contribution in [3.05, 3.63) is 12.2 Å². The Hall–Kier alpha value is -1.41. The van der Waals surface area contributed by atoms with E-state index >= 15 is 0 Å². The summed E-state index contributed by atoms with van der Waals surface area (Å²) in [6.07, 6.45) is 1.90. The van der Waals surface area contributed by atoms with Gasteiger partial charge in [0.2, 0.25) is 10.0 Å². The molecule has 1 aliphatic rings. The summed E-state index contributed by atoms with van der Waals surface area (Å²) >= 11 is 0. The Kier molecular flexibility index (Phi) is 3.30. The van der Waals surface area contributed by atoms with E-state index in [2.05, 4.69) is 0 Å². The highest BCUT2D eigenvalue weighted by atomic mass is 32.2. The summed E-state index contributed by atoms with van der Waals surface area (Å²) in [5.74, 6) is -2.60. The first-order valence-corrected chi connectivity index (χ1v) is 6.72. The first-order chi connectivity index (χ1) is 7.93. The van der Waals surface area contributed by atoms with E-state index in [-0.39, 0.29) is 6.42 Å². The van der Waals surface area contributed by atoms with Gasteiger partial charge < -0.3 is 10.2 Å². The second kappa shape index (κ2) is 4.06. The van der Waals surface area contributed by atoms with Crippen molar-refractivity contribution in [2.24, 2.45) is 16.0 Å². The largest absolute Gasteiger partial charge is 0.481 e. The van der Waals surface area contributed by atoms with Gasteiger partial charge in [0.1, 0.15) is 5.25 Å². The van der Waals surface area contributed by atoms with Gasteiger partial charge in [-0.25, -0.2) is 13.6 Å². The molecular weight excluding hydrogens is 262 g/mol. The van der Waals surface area contributed by atoms with Gasteiger partial charge in [0.05, 0.1) is 10.8 Å². The minimum Gasteiger partial charge on any atom is -0.481 e. The smallest absolute Gasteiger partial charge is 0.313 e. The number of sulfonamides is 1. The SMILES string of the molecule is CC1(C(=O)O)C=CC(S(N)(=O)=O)C(C)(C(=O)O)C1. The van der Waals surface area contributed by atoms with Crippen molar-refractivity contribution < 1.29 is 28.2 Å². The number of hydrogen-bond acceptors (Lipinski definition) is 4. The maximum absolute atomic E-state index is 11.4. The third-order valence-corrected chi connectivity index (χ3v) is 4.72. The second-order valence-corrected chi connectivity index (χ2v) is 6.68. The molecule has 0 aromatic rings. The Bertz CT molecular complexity index is 524.